The van der Waals surface area contributed by atoms with Gasteiger partial charge in [0.2, 0.25) is 0 Å². The zero-order chi connectivity index (χ0) is 20.0. The number of rotatable bonds is 3. The normalized spacial score (nSPS) is 18.8. The number of anilines is 4. The predicted octanol–water partition coefficient (Wildman–Crippen LogP) is 6.03. The number of fused-ring (bicyclic) bond motifs is 5. The van der Waals surface area contributed by atoms with Crippen molar-refractivity contribution in [3.63, 3.8) is 0 Å². The molecule has 1 unspecified atom stereocenters. The van der Waals surface area contributed by atoms with Crippen molar-refractivity contribution in [3.8, 4) is 0 Å². The molecule has 0 radical (unpaired) electrons. The van der Waals surface area contributed by atoms with E-state index in [-0.39, 0.29) is 11.6 Å². The van der Waals surface area contributed by atoms with E-state index in [9.17, 15) is 0 Å². The first-order valence-corrected chi connectivity index (χ1v) is 10.4. The molecule has 2 aliphatic rings. The second-order valence-electron chi connectivity index (χ2n) is 7.91. The number of benzene rings is 2. The van der Waals surface area contributed by atoms with E-state index < -0.39 is 0 Å². The minimum Gasteiger partial charge on any atom is -0.312 e. The molecule has 29 heavy (non-hydrogen) atoms. The summed E-state index contributed by atoms with van der Waals surface area (Å²) in [5.74, 6) is 0.958. The molecule has 0 bridgehead atoms. The quantitative estimate of drug-likeness (QED) is 0.518. The van der Waals surface area contributed by atoms with Crippen LogP contribution in [-0.4, -0.2) is 16.1 Å². The summed E-state index contributed by atoms with van der Waals surface area (Å²) >= 11 is 0. The molecular formula is C25H26N4. The van der Waals surface area contributed by atoms with Gasteiger partial charge in [0.1, 0.15) is 18.2 Å². The fourth-order valence-corrected chi connectivity index (χ4v) is 4.92. The molecule has 4 heteroatoms. The Balaban J connectivity index is 1.80. The highest BCUT2D eigenvalue weighted by Crippen LogP contribution is 2.52. The topological polar surface area (TPSA) is 32.3 Å². The van der Waals surface area contributed by atoms with Gasteiger partial charge >= 0.3 is 0 Å². The van der Waals surface area contributed by atoms with Gasteiger partial charge in [0.05, 0.1) is 6.20 Å². The van der Waals surface area contributed by atoms with Crippen LogP contribution in [0.25, 0.3) is 0 Å². The highest BCUT2D eigenvalue weighted by molar-refractivity contribution is 5.88. The van der Waals surface area contributed by atoms with Crippen molar-refractivity contribution >= 4 is 22.9 Å². The molecule has 3 heterocycles. The first-order chi connectivity index (χ1) is 14.2. The molecule has 146 valence electrons. The first kappa shape index (κ1) is 17.9. The Morgan fingerprint density at radius 2 is 1.62 bits per heavy atom. The lowest BCUT2D eigenvalue weighted by Gasteiger charge is -2.33. The molecule has 2 aliphatic heterocycles. The second kappa shape index (κ2) is 6.73. The molecule has 0 aliphatic carbocycles. The third kappa shape index (κ3) is 2.52. The van der Waals surface area contributed by atoms with E-state index in [0.29, 0.717) is 0 Å². The largest absolute Gasteiger partial charge is 0.312 e. The molecule has 0 spiro atoms. The lowest BCUT2D eigenvalue weighted by molar-refractivity contribution is 0.499. The molecule has 4 nitrogen and oxygen atoms in total. The van der Waals surface area contributed by atoms with Crippen LogP contribution in [0.15, 0.2) is 73.2 Å². The summed E-state index contributed by atoms with van der Waals surface area (Å²) in [6, 6.07) is 17.4. The summed E-state index contributed by atoms with van der Waals surface area (Å²) in [6.45, 7) is 6.74. The lowest BCUT2D eigenvalue weighted by atomic mass is 9.75. The van der Waals surface area contributed by atoms with Crippen molar-refractivity contribution in [3.05, 3.63) is 84.3 Å². The van der Waals surface area contributed by atoms with Crippen molar-refractivity contribution in [2.45, 2.75) is 45.2 Å². The third-order valence-corrected chi connectivity index (χ3v) is 6.61. The van der Waals surface area contributed by atoms with E-state index in [1.807, 2.05) is 6.20 Å². The van der Waals surface area contributed by atoms with Crippen LogP contribution in [0, 0.1) is 6.92 Å². The predicted molar refractivity (Wildman–Crippen MR) is 119 cm³/mol. The van der Waals surface area contributed by atoms with Gasteiger partial charge in [0.25, 0.3) is 0 Å². The van der Waals surface area contributed by atoms with Crippen LogP contribution >= 0.6 is 0 Å². The first-order valence-electron chi connectivity index (χ1n) is 10.4. The molecule has 1 aromatic heterocycles. The van der Waals surface area contributed by atoms with Gasteiger partial charge in [-0.3, -0.25) is 4.90 Å². The van der Waals surface area contributed by atoms with Crippen LogP contribution < -0.4 is 9.80 Å². The Kier molecular flexibility index (Phi) is 4.16. The van der Waals surface area contributed by atoms with E-state index in [1.54, 1.807) is 6.33 Å². The van der Waals surface area contributed by atoms with Gasteiger partial charge in [-0.05, 0) is 49.1 Å². The summed E-state index contributed by atoms with van der Waals surface area (Å²) in [7, 11) is 0. The van der Waals surface area contributed by atoms with E-state index >= 15 is 0 Å². The van der Waals surface area contributed by atoms with E-state index in [2.05, 4.69) is 96.2 Å². The van der Waals surface area contributed by atoms with Crippen LogP contribution in [0.1, 0.15) is 37.8 Å². The zero-order valence-corrected chi connectivity index (χ0v) is 17.2. The number of hydrogen-bond acceptors (Lipinski definition) is 4. The van der Waals surface area contributed by atoms with Crippen molar-refractivity contribution in [2.75, 3.05) is 9.80 Å². The minimum atomic E-state index is 0.0314. The maximum atomic E-state index is 4.70. The molecule has 5 rings (SSSR count). The van der Waals surface area contributed by atoms with Gasteiger partial charge in [0, 0.05) is 16.8 Å². The van der Waals surface area contributed by atoms with Crippen LogP contribution in [0.2, 0.25) is 0 Å². The molecule has 2 aromatic carbocycles. The van der Waals surface area contributed by atoms with E-state index in [1.165, 1.54) is 22.5 Å². The van der Waals surface area contributed by atoms with Gasteiger partial charge in [0.15, 0.2) is 5.82 Å². The summed E-state index contributed by atoms with van der Waals surface area (Å²) in [6.07, 6.45) is 10.6. The monoisotopic (exact) mass is 382 g/mol. The van der Waals surface area contributed by atoms with Crippen LogP contribution in [-0.2, 0) is 5.41 Å². The van der Waals surface area contributed by atoms with Crippen molar-refractivity contribution in [2.24, 2.45) is 0 Å². The van der Waals surface area contributed by atoms with Crippen LogP contribution in [0.3, 0.4) is 0 Å². The molecule has 3 aromatic rings. The Bertz CT molecular complexity index is 1080. The summed E-state index contributed by atoms with van der Waals surface area (Å²) in [5, 5.41) is 0. The molecular weight excluding hydrogens is 356 g/mol. The third-order valence-electron chi connectivity index (χ3n) is 6.61. The fraction of sp³-hybridized carbons (Fsp3) is 0.280. The smallest absolute Gasteiger partial charge is 0.162 e. The Hall–Kier alpha value is -3.14. The van der Waals surface area contributed by atoms with E-state index in [0.717, 1.165) is 24.3 Å². The van der Waals surface area contributed by atoms with Crippen molar-refractivity contribution in [1.29, 1.82) is 0 Å². The second-order valence-corrected chi connectivity index (χ2v) is 7.91. The Morgan fingerprint density at radius 3 is 2.38 bits per heavy atom. The summed E-state index contributed by atoms with van der Waals surface area (Å²) in [4.78, 5) is 13.8. The highest BCUT2D eigenvalue weighted by Gasteiger charge is 2.43. The maximum Gasteiger partial charge on any atom is 0.162 e. The fourth-order valence-electron chi connectivity index (χ4n) is 4.92. The summed E-state index contributed by atoms with van der Waals surface area (Å²) in [5.41, 5.74) is 6.14. The number of nitrogens with zero attached hydrogens (tertiary/aromatic N) is 4. The molecule has 0 amide bonds. The van der Waals surface area contributed by atoms with Gasteiger partial charge in [-0.1, -0.05) is 56.3 Å². The number of hydrogen-bond donors (Lipinski definition) is 0. The van der Waals surface area contributed by atoms with Gasteiger partial charge in [-0.25, -0.2) is 9.97 Å². The average Bonchev–Trinajstić information content (AvgIpc) is 3.01. The Labute approximate surface area is 172 Å². The molecule has 0 N–H and O–H groups in total. The SMILES string of the molecule is CCC1(CC)C=CC2N(c3ccccc31)c1cncnc1N2c1ccccc1C. The number of aryl methyl sites for hydroxylation is 1. The van der Waals surface area contributed by atoms with E-state index in [4.69, 9.17) is 4.98 Å². The zero-order valence-electron chi connectivity index (χ0n) is 17.2. The number of para-hydroxylation sites is 2. The van der Waals surface area contributed by atoms with Crippen LogP contribution in [0.5, 0.6) is 0 Å². The maximum absolute atomic E-state index is 4.70. The van der Waals surface area contributed by atoms with Gasteiger partial charge < -0.3 is 4.90 Å². The standard InChI is InChI=1S/C25H26N4/c1-4-25(5-2)15-14-23-28(21-13-9-7-11-19(21)25)22-16-26-17-27-24(22)29(23)20-12-8-6-10-18(20)3/h6-17,23H,4-5H2,1-3H3. The van der Waals surface area contributed by atoms with Gasteiger partial charge in [-0.2, -0.15) is 0 Å². The average molecular weight is 383 g/mol. The molecule has 0 saturated carbocycles. The molecule has 0 fully saturated rings. The minimum absolute atomic E-state index is 0.0314. The van der Waals surface area contributed by atoms with Gasteiger partial charge in [-0.15, -0.1) is 0 Å². The number of allylic oxidation sites excluding steroid dienone is 1. The van der Waals surface area contributed by atoms with Crippen LogP contribution in [0.4, 0.5) is 22.9 Å². The number of aromatic nitrogens is 2. The van der Waals surface area contributed by atoms with Crippen molar-refractivity contribution in [1.82, 2.24) is 9.97 Å². The molecule has 1 atom stereocenters. The van der Waals surface area contributed by atoms with Crippen molar-refractivity contribution < 1.29 is 0 Å². The summed E-state index contributed by atoms with van der Waals surface area (Å²) < 4.78 is 0. The highest BCUT2D eigenvalue weighted by atomic mass is 15.4. The lowest BCUT2D eigenvalue weighted by Crippen LogP contribution is -2.36. The molecule has 0 saturated heterocycles. The Morgan fingerprint density at radius 1 is 0.897 bits per heavy atom.